The van der Waals surface area contributed by atoms with Crippen LogP contribution in [0.4, 0.5) is 5.69 Å². The summed E-state index contributed by atoms with van der Waals surface area (Å²) < 4.78 is 5.12. The molecule has 1 aliphatic heterocycles. The second-order valence-corrected chi connectivity index (χ2v) is 4.91. The normalized spacial score (nSPS) is 18.4. The van der Waals surface area contributed by atoms with Gasteiger partial charge in [0.15, 0.2) is 0 Å². The topological polar surface area (TPSA) is 67.6 Å². The summed E-state index contributed by atoms with van der Waals surface area (Å²) in [4.78, 5) is 14.1. The summed E-state index contributed by atoms with van der Waals surface area (Å²) in [6, 6.07) is 7.37. The molecule has 112 valence electrons. The van der Waals surface area contributed by atoms with Gasteiger partial charge in [0.2, 0.25) is 5.91 Å². The fraction of sp³-hybridized carbons (Fsp3) is 0.500. The summed E-state index contributed by atoms with van der Waals surface area (Å²) in [6.07, 6.45) is 1.09. The summed E-state index contributed by atoms with van der Waals surface area (Å²) >= 11 is 0. The predicted molar refractivity (Wildman–Crippen MR) is 82.5 cm³/mol. The van der Waals surface area contributed by atoms with E-state index in [4.69, 9.17) is 10.5 Å². The number of likely N-dealkylation sites (tertiary alicyclic amines) is 1. The van der Waals surface area contributed by atoms with Crippen molar-refractivity contribution >= 4 is 24.0 Å². The van der Waals surface area contributed by atoms with Gasteiger partial charge in [0, 0.05) is 18.3 Å². The van der Waals surface area contributed by atoms with E-state index >= 15 is 0 Å². The molecule has 1 atom stereocenters. The highest BCUT2D eigenvalue weighted by Gasteiger charge is 2.22. The number of nitrogens with two attached hydrogens (primary N) is 1. The molecule has 1 aromatic rings. The van der Waals surface area contributed by atoms with E-state index in [1.54, 1.807) is 7.11 Å². The van der Waals surface area contributed by atoms with Crippen molar-refractivity contribution in [3.8, 4) is 5.75 Å². The van der Waals surface area contributed by atoms with Crippen molar-refractivity contribution in [2.75, 3.05) is 38.6 Å². The van der Waals surface area contributed by atoms with Gasteiger partial charge >= 0.3 is 0 Å². The first-order chi connectivity index (χ1) is 9.21. The van der Waals surface area contributed by atoms with Crippen LogP contribution >= 0.6 is 12.4 Å². The maximum absolute atomic E-state index is 11.9. The number of amides is 1. The zero-order chi connectivity index (χ0) is 13.7. The average molecular weight is 300 g/mol. The van der Waals surface area contributed by atoms with E-state index in [0.717, 1.165) is 30.9 Å². The Morgan fingerprint density at radius 1 is 1.55 bits per heavy atom. The zero-order valence-electron chi connectivity index (χ0n) is 11.7. The number of hydrogen-bond donors (Lipinski definition) is 2. The monoisotopic (exact) mass is 299 g/mol. The Hall–Kier alpha value is -1.30. The van der Waals surface area contributed by atoms with Crippen LogP contribution in [0, 0.1) is 5.92 Å². The van der Waals surface area contributed by atoms with Crippen molar-refractivity contribution in [2.45, 2.75) is 6.42 Å². The molecule has 1 unspecified atom stereocenters. The number of rotatable bonds is 5. The third-order valence-electron chi connectivity index (χ3n) is 3.42. The van der Waals surface area contributed by atoms with Gasteiger partial charge in [-0.1, -0.05) is 6.07 Å². The van der Waals surface area contributed by atoms with E-state index in [-0.39, 0.29) is 18.3 Å². The smallest absolute Gasteiger partial charge is 0.238 e. The highest BCUT2D eigenvalue weighted by Crippen LogP contribution is 2.17. The lowest BCUT2D eigenvalue weighted by Crippen LogP contribution is -2.32. The highest BCUT2D eigenvalue weighted by molar-refractivity contribution is 5.92. The standard InChI is InChI=1S/C14H21N3O2.ClH/c1-19-13-4-2-3-12(7-13)16-14(18)10-17-6-5-11(8-15)9-17;/h2-4,7,11H,5-6,8-10,15H2,1H3,(H,16,18);1H. The summed E-state index contributed by atoms with van der Waals surface area (Å²) in [7, 11) is 1.61. The molecule has 5 nitrogen and oxygen atoms in total. The van der Waals surface area contributed by atoms with Crippen LogP contribution in [0.1, 0.15) is 6.42 Å². The number of methoxy groups -OCH3 is 1. The van der Waals surface area contributed by atoms with Gasteiger partial charge in [-0.25, -0.2) is 0 Å². The summed E-state index contributed by atoms with van der Waals surface area (Å²) in [5.74, 6) is 1.28. The lowest BCUT2D eigenvalue weighted by molar-refractivity contribution is -0.117. The number of hydrogen-bond acceptors (Lipinski definition) is 4. The Morgan fingerprint density at radius 3 is 3.00 bits per heavy atom. The van der Waals surface area contributed by atoms with E-state index < -0.39 is 0 Å². The van der Waals surface area contributed by atoms with Crippen molar-refractivity contribution in [3.05, 3.63) is 24.3 Å². The van der Waals surface area contributed by atoms with Gasteiger partial charge in [0.25, 0.3) is 0 Å². The quantitative estimate of drug-likeness (QED) is 0.861. The van der Waals surface area contributed by atoms with Crippen molar-refractivity contribution < 1.29 is 9.53 Å². The van der Waals surface area contributed by atoms with Gasteiger partial charge in [-0.15, -0.1) is 12.4 Å². The molecule has 2 rings (SSSR count). The zero-order valence-corrected chi connectivity index (χ0v) is 12.5. The van der Waals surface area contributed by atoms with Crippen molar-refractivity contribution in [2.24, 2.45) is 11.7 Å². The minimum Gasteiger partial charge on any atom is -0.497 e. The SMILES string of the molecule is COc1cccc(NC(=O)CN2CCC(CN)C2)c1.Cl. The van der Waals surface area contributed by atoms with Gasteiger partial charge in [0.05, 0.1) is 13.7 Å². The molecule has 1 aromatic carbocycles. The van der Waals surface area contributed by atoms with Gasteiger partial charge in [-0.05, 0) is 37.6 Å². The number of halogens is 1. The second-order valence-electron chi connectivity index (χ2n) is 4.91. The van der Waals surface area contributed by atoms with E-state index in [1.807, 2.05) is 24.3 Å². The third-order valence-corrected chi connectivity index (χ3v) is 3.42. The number of benzene rings is 1. The Morgan fingerprint density at radius 2 is 2.35 bits per heavy atom. The molecule has 3 N–H and O–H groups in total. The molecule has 0 spiro atoms. The molecule has 1 fully saturated rings. The summed E-state index contributed by atoms with van der Waals surface area (Å²) in [5.41, 5.74) is 6.40. The van der Waals surface area contributed by atoms with E-state index in [0.29, 0.717) is 19.0 Å². The molecule has 0 aromatic heterocycles. The first kappa shape index (κ1) is 16.8. The Bertz CT molecular complexity index is 442. The average Bonchev–Trinajstić information content (AvgIpc) is 2.86. The maximum atomic E-state index is 11.9. The van der Waals surface area contributed by atoms with Crippen LogP contribution in [0.25, 0.3) is 0 Å². The van der Waals surface area contributed by atoms with Crippen molar-refractivity contribution in [1.82, 2.24) is 4.90 Å². The van der Waals surface area contributed by atoms with Crippen LogP contribution in [-0.2, 0) is 4.79 Å². The van der Waals surface area contributed by atoms with Gasteiger partial charge < -0.3 is 15.8 Å². The van der Waals surface area contributed by atoms with Crippen molar-refractivity contribution in [1.29, 1.82) is 0 Å². The molecule has 0 bridgehead atoms. The number of ether oxygens (including phenoxy) is 1. The molecular formula is C14H22ClN3O2. The Labute approximate surface area is 125 Å². The van der Waals surface area contributed by atoms with E-state index in [1.165, 1.54) is 0 Å². The number of nitrogens with zero attached hydrogens (tertiary/aromatic N) is 1. The fourth-order valence-electron chi connectivity index (χ4n) is 2.35. The van der Waals surface area contributed by atoms with Crippen molar-refractivity contribution in [3.63, 3.8) is 0 Å². The largest absolute Gasteiger partial charge is 0.497 e. The first-order valence-electron chi connectivity index (χ1n) is 6.57. The molecule has 1 saturated heterocycles. The van der Waals surface area contributed by atoms with Crippen LogP contribution < -0.4 is 15.8 Å². The highest BCUT2D eigenvalue weighted by atomic mass is 35.5. The number of carbonyl (C=O) groups is 1. The van der Waals surface area contributed by atoms with Crippen LogP contribution in [0.15, 0.2) is 24.3 Å². The minimum absolute atomic E-state index is 0. The maximum Gasteiger partial charge on any atom is 0.238 e. The number of anilines is 1. The molecule has 1 heterocycles. The molecule has 0 saturated carbocycles. The summed E-state index contributed by atoms with van der Waals surface area (Å²) in [6.45, 7) is 3.00. The first-order valence-corrected chi connectivity index (χ1v) is 6.57. The van der Waals surface area contributed by atoms with Crippen LogP contribution in [0.5, 0.6) is 5.75 Å². The second kappa shape index (κ2) is 8.09. The summed E-state index contributed by atoms with van der Waals surface area (Å²) in [5, 5.41) is 2.88. The predicted octanol–water partition coefficient (Wildman–Crippen LogP) is 1.34. The number of nitrogens with one attached hydrogen (secondary N) is 1. The fourth-order valence-corrected chi connectivity index (χ4v) is 2.35. The lowest BCUT2D eigenvalue weighted by atomic mass is 10.1. The molecule has 1 amide bonds. The van der Waals surface area contributed by atoms with Crippen LogP contribution in [0.3, 0.4) is 0 Å². The number of carbonyl (C=O) groups excluding carboxylic acids is 1. The molecule has 0 aliphatic carbocycles. The molecule has 1 aliphatic rings. The minimum atomic E-state index is 0. The Kier molecular flexibility index (Phi) is 6.78. The van der Waals surface area contributed by atoms with Gasteiger partial charge in [-0.3, -0.25) is 9.69 Å². The van der Waals surface area contributed by atoms with E-state index in [9.17, 15) is 4.79 Å². The third kappa shape index (κ3) is 4.67. The van der Waals surface area contributed by atoms with Gasteiger partial charge in [0.1, 0.15) is 5.75 Å². The molecular weight excluding hydrogens is 278 g/mol. The lowest BCUT2D eigenvalue weighted by Gasteiger charge is -2.15. The Balaban J connectivity index is 0.00000200. The molecule has 0 radical (unpaired) electrons. The van der Waals surface area contributed by atoms with Crippen LogP contribution in [-0.4, -0.2) is 44.1 Å². The van der Waals surface area contributed by atoms with E-state index in [2.05, 4.69) is 10.2 Å². The van der Waals surface area contributed by atoms with Gasteiger partial charge in [-0.2, -0.15) is 0 Å². The molecule has 6 heteroatoms. The van der Waals surface area contributed by atoms with Crippen LogP contribution in [0.2, 0.25) is 0 Å². The molecule has 20 heavy (non-hydrogen) atoms.